The Morgan fingerprint density at radius 2 is 2.03 bits per heavy atom. The summed E-state index contributed by atoms with van der Waals surface area (Å²) in [5.74, 6) is -1.34. The van der Waals surface area contributed by atoms with Gasteiger partial charge in [0, 0.05) is 0 Å². The second-order valence-electron chi connectivity index (χ2n) is 6.28. The molecule has 0 unspecified atom stereocenters. The lowest BCUT2D eigenvalue weighted by atomic mass is 10.1. The molecule has 0 saturated carbocycles. The third-order valence-electron chi connectivity index (χ3n) is 4.11. The zero-order chi connectivity index (χ0) is 23.6. The molecule has 0 radical (unpaired) electrons. The van der Waals surface area contributed by atoms with Gasteiger partial charge >= 0.3 is 12.1 Å². The van der Waals surface area contributed by atoms with Crippen LogP contribution in [0.1, 0.15) is 11.1 Å². The first-order chi connectivity index (χ1) is 15.0. The number of hydrogen-bond donors (Lipinski definition) is 1. The van der Waals surface area contributed by atoms with Crippen LogP contribution in [-0.4, -0.2) is 35.0 Å². The summed E-state index contributed by atoms with van der Waals surface area (Å²) < 4.78 is 50.1. The van der Waals surface area contributed by atoms with E-state index in [1.807, 2.05) is 0 Å². The highest BCUT2D eigenvalue weighted by Gasteiger charge is 2.36. The number of hydrogen-bond acceptors (Lipinski definition) is 6. The Kier molecular flexibility index (Phi) is 7.16. The van der Waals surface area contributed by atoms with E-state index in [1.54, 1.807) is 6.07 Å². The zero-order valence-corrected chi connectivity index (χ0v) is 19.3. The Morgan fingerprint density at radius 3 is 2.66 bits per heavy atom. The number of carboxylic acid groups (broad SMARTS) is 1. The molecule has 0 aliphatic carbocycles. The van der Waals surface area contributed by atoms with E-state index in [1.165, 1.54) is 31.4 Å². The van der Waals surface area contributed by atoms with Gasteiger partial charge in [0.1, 0.15) is 0 Å². The summed E-state index contributed by atoms with van der Waals surface area (Å²) in [5.41, 5.74) is -0.374. The molecule has 1 saturated heterocycles. The second-order valence-corrected chi connectivity index (χ2v) is 8.81. The predicted molar refractivity (Wildman–Crippen MR) is 121 cm³/mol. The molecule has 1 fully saturated rings. The monoisotopic (exact) mass is 547 g/mol. The summed E-state index contributed by atoms with van der Waals surface area (Å²) in [6.45, 7) is -0.579. The van der Waals surface area contributed by atoms with Gasteiger partial charge in [-0.25, -0.2) is 4.79 Å². The summed E-state index contributed by atoms with van der Waals surface area (Å²) in [4.78, 5) is 24.9. The van der Waals surface area contributed by atoms with E-state index >= 15 is 0 Å². The number of halogens is 4. The molecule has 1 heterocycles. The van der Waals surface area contributed by atoms with E-state index in [0.29, 0.717) is 10.0 Å². The molecule has 3 rings (SSSR count). The van der Waals surface area contributed by atoms with Crippen molar-refractivity contribution in [3.05, 3.63) is 56.9 Å². The van der Waals surface area contributed by atoms with Crippen LogP contribution in [0.4, 0.5) is 18.9 Å². The maximum absolute atomic E-state index is 13.0. The summed E-state index contributed by atoms with van der Waals surface area (Å²) in [7, 11) is 1.37. The summed E-state index contributed by atoms with van der Waals surface area (Å²) in [6.07, 6.45) is -3.05. The molecule has 168 valence electrons. The molecule has 0 aromatic heterocycles. The van der Waals surface area contributed by atoms with Crippen LogP contribution in [0.5, 0.6) is 11.5 Å². The van der Waals surface area contributed by atoms with Crippen molar-refractivity contribution in [2.24, 2.45) is 0 Å². The number of carbonyl (C=O) groups is 2. The largest absolute Gasteiger partial charge is 0.493 e. The Labute approximate surface area is 198 Å². The molecule has 32 heavy (non-hydrogen) atoms. The van der Waals surface area contributed by atoms with Gasteiger partial charge in [-0.1, -0.05) is 30.0 Å². The molecule has 1 aliphatic rings. The highest BCUT2D eigenvalue weighted by Crippen LogP contribution is 2.41. The van der Waals surface area contributed by atoms with Crippen LogP contribution in [0.3, 0.4) is 0 Å². The van der Waals surface area contributed by atoms with Crippen molar-refractivity contribution >= 4 is 67.9 Å². The first-order valence-electron chi connectivity index (χ1n) is 8.68. The lowest BCUT2D eigenvalue weighted by Crippen LogP contribution is -2.27. The number of nitrogens with zero attached hydrogens (tertiary/aromatic N) is 1. The number of anilines is 1. The van der Waals surface area contributed by atoms with E-state index in [2.05, 4.69) is 15.9 Å². The van der Waals surface area contributed by atoms with Crippen LogP contribution in [0.2, 0.25) is 0 Å². The van der Waals surface area contributed by atoms with E-state index in [4.69, 9.17) is 26.8 Å². The molecule has 6 nitrogen and oxygen atoms in total. The minimum atomic E-state index is -4.56. The Bertz CT molecular complexity index is 1140. The van der Waals surface area contributed by atoms with Crippen LogP contribution in [0, 0.1) is 0 Å². The molecular weight excluding hydrogens is 535 g/mol. The first kappa shape index (κ1) is 24.1. The molecule has 1 aliphatic heterocycles. The number of carbonyl (C=O) groups excluding carboxylic acids is 1. The second kappa shape index (κ2) is 9.51. The van der Waals surface area contributed by atoms with Gasteiger partial charge in [0.25, 0.3) is 5.91 Å². The van der Waals surface area contributed by atoms with E-state index in [-0.39, 0.29) is 26.4 Å². The van der Waals surface area contributed by atoms with Crippen molar-refractivity contribution in [1.82, 2.24) is 0 Å². The summed E-state index contributed by atoms with van der Waals surface area (Å²) in [5, 5.41) is 8.80. The van der Waals surface area contributed by atoms with Crippen molar-refractivity contribution in [3.63, 3.8) is 0 Å². The molecule has 1 N–H and O–H groups in total. The standard InChI is InChI=1S/C20H13BrF3NO5S2/c1-29-14-6-10(5-13(21)17(14)30-9-16(26)27)7-15-18(28)25(19(31)32-15)12-4-2-3-11(8-12)20(22,23)24/h2-8H,9H2,1H3,(H,26,27)/b15-7+. The molecule has 12 heteroatoms. The topological polar surface area (TPSA) is 76.1 Å². The van der Waals surface area contributed by atoms with E-state index in [9.17, 15) is 22.8 Å². The van der Waals surface area contributed by atoms with Crippen molar-refractivity contribution in [2.45, 2.75) is 6.18 Å². The number of thiocarbonyl (C=S) groups is 1. The van der Waals surface area contributed by atoms with Crippen LogP contribution < -0.4 is 14.4 Å². The number of rotatable bonds is 6. The quantitative estimate of drug-likeness (QED) is 0.386. The molecule has 0 atom stereocenters. The van der Waals surface area contributed by atoms with Gasteiger partial charge in [-0.3, -0.25) is 9.69 Å². The molecule has 0 spiro atoms. The fourth-order valence-corrected chi connectivity index (χ4v) is 4.63. The Hall–Kier alpha value is -2.57. The van der Waals surface area contributed by atoms with Crippen molar-refractivity contribution in [2.75, 3.05) is 18.6 Å². The number of thioether (sulfide) groups is 1. The van der Waals surface area contributed by atoms with E-state index < -0.39 is 30.2 Å². The van der Waals surface area contributed by atoms with Gasteiger partial charge in [-0.15, -0.1) is 0 Å². The molecule has 2 aromatic rings. The molecule has 2 aromatic carbocycles. The number of benzene rings is 2. The van der Waals surface area contributed by atoms with Gasteiger partial charge < -0.3 is 14.6 Å². The lowest BCUT2D eigenvalue weighted by Gasteiger charge is -2.16. The normalized spacial score (nSPS) is 15.4. The minimum Gasteiger partial charge on any atom is -0.493 e. The number of ether oxygens (including phenoxy) is 2. The summed E-state index contributed by atoms with van der Waals surface area (Å²) in [6, 6.07) is 7.46. The van der Waals surface area contributed by atoms with Crippen molar-refractivity contribution in [3.8, 4) is 11.5 Å². The summed E-state index contributed by atoms with van der Waals surface area (Å²) >= 11 is 9.44. The fraction of sp³-hybridized carbons (Fsp3) is 0.150. The van der Waals surface area contributed by atoms with Gasteiger partial charge in [0.05, 0.1) is 27.7 Å². The maximum atomic E-state index is 13.0. The number of carboxylic acids is 1. The van der Waals surface area contributed by atoms with Crippen LogP contribution in [0.15, 0.2) is 45.8 Å². The van der Waals surface area contributed by atoms with Crippen LogP contribution in [0.25, 0.3) is 6.08 Å². The van der Waals surface area contributed by atoms with Crippen LogP contribution in [-0.2, 0) is 15.8 Å². The zero-order valence-electron chi connectivity index (χ0n) is 16.1. The smallest absolute Gasteiger partial charge is 0.416 e. The van der Waals surface area contributed by atoms with Crippen molar-refractivity contribution < 1.29 is 37.3 Å². The average molecular weight is 548 g/mol. The molecule has 1 amide bonds. The molecular formula is C20H13BrF3NO5S2. The average Bonchev–Trinajstić information content (AvgIpc) is 2.99. The van der Waals surface area contributed by atoms with Crippen molar-refractivity contribution in [1.29, 1.82) is 0 Å². The number of alkyl halides is 3. The fourth-order valence-electron chi connectivity index (χ4n) is 2.76. The molecule has 0 bridgehead atoms. The van der Waals surface area contributed by atoms with Gasteiger partial charge in [-0.2, -0.15) is 13.2 Å². The maximum Gasteiger partial charge on any atom is 0.416 e. The Balaban J connectivity index is 1.92. The SMILES string of the molecule is COc1cc(/C=C2/SC(=S)N(c3cccc(C(F)(F)F)c3)C2=O)cc(Br)c1OCC(=O)O. The predicted octanol–water partition coefficient (Wildman–Crippen LogP) is 5.35. The van der Waals surface area contributed by atoms with Crippen LogP contribution >= 0.6 is 39.9 Å². The number of aliphatic carboxylic acids is 1. The number of amides is 1. The third-order valence-corrected chi connectivity index (χ3v) is 6.01. The van der Waals surface area contributed by atoms with Gasteiger partial charge in [0.2, 0.25) is 0 Å². The number of methoxy groups -OCH3 is 1. The van der Waals surface area contributed by atoms with Gasteiger partial charge in [-0.05, 0) is 57.9 Å². The first-order valence-corrected chi connectivity index (χ1v) is 10.7. The minimum absolute atomic E-state index is 0.0157. The highest BCUT2D eigenvalue weighted by molar-refractivity contribution is 9.10. The third kappa shape index (κ3) is 5.25. The van der Waals surface area contributed by atoms with Gasteiger partial charge in [0.15, 0.2) is 22.4 Å². The highest BCUT2D eigenvalue weighted by atomic mass is 79.9. The van der Waals surface area contributed by atoms with E-state index in [0.717, 1.165) is 28.8 Å². The lowest BCUT2D eigenvalue weighted by molar-refractivity contribution is -0.139. The Morgan fingerprint density at radius 1 is 1.31 bits per heavy atom.